The molecule has 5 nitrogen and oxygen atoms in total. The molecule has 0 spiro atoms. The van der Waals surface area contributed by atoms with Gasteiger partial charge in [-0.25, -0.2) is 9.97 Å². The van der Waals surface area contributed by atoms with Gasteiger partial charge in [0.2, 0.25) is 12.2 Å². The van der Waals surface area contributed by atoms with Gasteiger partial charge >= 0.3 is 0 Å². The Morgan fingerprint density at radius 3 is 3.13 bits per heavy atom. The van der Waals surface area contributed by atoms with E-state index in [0.29, 0.717) is 18.0 Å². The zero-order chi connectivity index (χ0) is 10.8. The SMILES string of the molecule is CCc1nc2ncc(Br)cn2c1NC=O. The summed E-state index contributed by atoms with van der Waals surface area (Å²) in [4.78, 5) is 18.9. The molecule has 0 radical (unpaired) electrons. The number of hydrogen-bond acceptors (Lipinski definition) is 3. The van der Waals surface area contributed by atoms with Gasteiger partial charge in [0.25, 0.3) is 0 Å². The van der Waals surface area contributed by atoms with E-state index in [1.165, 1.54) is 0 Å². The molecule has 0 fully saturated rings. The van der Waals surface area contributed by atoms with Crippen LogP contribution >= 0.6 is 15.9 Å². The highest BCUT2D eigenvalue weighted by Gasteiger charge is 2.10. The number of nitrogens with one attached hydrogen (secondary N) is 1. The van der Waals surface area contributed by atoms with Crippen LogP contribution in [-0.4, -0.2) is 20.8 Å². The molecule has 0 bridgehead atoms. The number of amides is 1. The Balaban J connectivity index is 2.70. The van der Waals surface area contributed by atoms with Crippen LogP contribution < -0.4 is 5.32 Å². The van der Waals surface area contributed by atoms with E-state index in [-0.39, 0.29) is 0 Å². The Bertz CT molecular complexity index is 508. The molecule has 0 aliphatic carbocycles. The van der Waals surface area contributed by atoms with E-state index in [9.17, 15) is 4.79 Å². The molecule has 0 saturated heterocycles. The first-order chi connectivity index (χ1) is 7.26. The predicted octanol–water partition coefficient (Wildman–Crippen LogP) is 1.62. The molecule has 0 aromatic carbocycles. The van der Waals surface area contributed by atoms with Crippen molar-refractivity contribution in [2.24, 2.45) is 0 Å². The van der Waals surface area contributed by atoms with Crippen molar-refractivity contribution >= 4 is 33.9 Å². The minimum atomic E-state index is 0.583. The Kier molecular flexibility index (Phi) is 2.68. The molecule has 15 heavy (non-hydrogen) atoms. The van der Waals surface area contributed by atoms with Crippen molar-refractivity contribution < 1.29 is 4.79 Å². The molecule has 6 heteroatoms. The monoisotopic (exact) mass is 268 g/mol. The van der Waals surface area contributed by atoms with Crippen molar-refractivity contribution in [1.29, 1.82) is 0 Å². The average molecular weight is 269 g/mol. The normalized spacial score (nSPS) is 10.5. The molecule has 1 N–H and O–H groups in total. The number of nitrogens with zero attached hydrogens (tertiary/aromatic N) is 3. The van der Waals surface area contributed by atoms with Gasteiger partial charge < -0.3 is 5.32 Å². The number of anilines is 1. The zero-order valence-corrected chi connectivity index (χ0v) is 9.65. The Labute approximate surface area is 94.7 Å². The van der Waals surface area contributed by atoms with Crippen molar-refractivity contribution in [3.8, 4) is 0 Å². The fourth-order valence-corrected chi connectivity index (χ4v) is 1.72. The van der Waals surface area contributed by atoms with Crippen LogP contribution in [0, 0.1) is 0 Å². The van der Waals surface area contributed by atoms with Gasteiger partial charge in [0, 0.05) is 12.4 Å². The van der Waals surface area contributed by atoms with Crippen LogP contribution in [0.5, 0.6) is 0 Å². The van der Waals surface area contributed by atoms with Crippen molar-refractivity contribution in [1.82, 2.24) is 14.4 Å². The number of hydrogen-bond donors (Lipinski definition) is 1. The molecule has 2 aromatic rings. The summed E-state index contributed by atoms with van der Waals surface area (Å²) in [5.74, 6) is 1.26. The standard InChI is InChI=1S/C9H9BrN4O/c1-2-7-8(12-5-15)14-4-6(10)3-11-9(14)13-7/h3-5H,2H2,1H3,(H,12,15). The Hall–Kier alpha value is -1.43. The first-order valence-corrected chi connectivity index (χ1v) is 5.28. The van der Waals surface area contributed by atoms with Crippen LogP contribution in [0.4, 0.5) is 5.82 Å². The molecule has 78 valence electrons. The Morgan fingerprint density at radius 1 is 1.67 bits per heavy atom. The summed E-state index contributed by atoms with van der Waals surface area (Å²) in [6.07, 6.45) is 4.88. The summed E-state index contributed by atoms with van der Waals surface area (Å²) in [5, 5.41) is 2.64. The molecule has 2 heterocycles. The van der Waals surface area contributed by atoms with Crippen molar-refractivity contribution in [2.45, 2.75) is 13.3 Å². The lowest BCUT2D eigenvalue weighted by atomic mass is 10.3. The first kappa shape index (κ1) is 10.1. The maximum atomic E-state index is 10.5. The number of aromatic nitrogens is 3. The van der Waals surface area contributed by atoms with Gasteiger partial charge in [0.1, 0.15) is 5.82 Å². The lowest BCUT2D eigenvalue weighted by Crippen LogP contribution is -2.01. The topological polar surface area (TPSA) is 59.3 Å². The minimum absolute atomic E-state index is 0.583. The molecule has 1 amide bonds. The predicted molar refractivity (Wildman–Crippen MR) is 59.8 cm³/mol. The van der Waals surface area contributed by atoms with Crippen molar-refractivity contribution in [2.75, 3.05) is 5.32 Å². The van der Waals surface area contributed by atoms with Crippen LogP contribution in [0.3, 0.4) is 0 Å². The van der Waals surface area contributed by atoms with Gasteiger partial charge in [0.15, 0.2) is 0 Å². The van der Waals surface area contributed by atoms with E-state index in [4.69, 9.17) is 0 Å². The van der Waals surface area contributed by atoms with Gasteiger partial charge in [0.05, 0.1) is 10.2 Å². The van der Waals surface area contributed by atoms with Gasteiger partial charge in [-0.15, -0.1) is 0 Å². The summed E-state index contributed by atoms with van der Waals surface area (Å²) < 4.78 is 2.58. The highest BCUT2D eigenvalue weighted by molar-refractivity contribution is 9.10. The maximum absolute atomic E-state index is 10.5. The Morgan fingerprint density at radius 2 is 2.47 bits per heavy atom. The molecule has 0 aliphatic heterocycles. The van der Waals surface area contributed by atoms with Crippen LogP contribution in [0.2, 0.25) is 0 Å². The molecule has 0 atom stereocenters. The largest absolute Gasteiger partial charge is 0.313 e. The lowest BCUT2D eigenvalue weighted by molar-refractivity contribution is -0.105. The third-order valence-corrected chi connectivity index (χ3v) is 2.46. The van der Waals surface area contributed by atoms with Crippen LogP contribution in [-0.2, 0) is 11.2 Å². The van der Waals surface area contributed by atoms with E-state index < -0.39 is 0 Å². The minimum Gasteiger partial charge on any atom is -0.313 e. The second kappa shape index (κ2) is 3.98. The lowest BCUT2D eigenvalue weighted by Gasteiger charge is -2.00. The number of carbonyl (C=O) groups is 1. The summed E-state index contributed by atoms with van der Waals surface area (Å²) in [6, 6.07) is 0. The number of aryl methyl sites for hydroxylation is 1. The maximum Gasteiger partial charge on any atom is 0.235 e. The van der Waals surface area contributed by atoms with E-state index in [0.717, 1.165) is 16.6 Å². The summed E-state index contributed by atoms with van der Waals surface area (Å²) in [7, 11) is 0. The average Bonchev–Trinajstić information content (AvgIpc) is 2.57. The molecule has 2 aromatic heterocycles. The zero-order valence-electron chi connectivity index (χ0n) is 8.07. The van der Waals surface area contributed by atoms with E-state index >= 15 is 0 Å². The molecular weight excluding hydrogens is 260 g/mol. The number of halogens is 1. The van der Waals surface area contributed by atoms with Gasteiger partial charge in [-0.3, -0.25) is 9.20 Å². The first-order valence-electron chi connectivity index (χ1n) is 4.49. The third-order valence-electron chi connectivity index (χ3n) is 2.05. The van der Waals surface area contributed by atoms with E-state index in [2.05, 4.69) is 31.2 Å². The smallest absolute Gasteiger partial charge is 0.235 e. The number of imidazole rings is 1. The highest BCUT2D eigenvalue weighted by Crippen LogP contribution is 2.19. The second-order valence-corrected chi connectivity index (χ2v) is 3.88. The molecule has 0 saturated carbocycles. The van der Waals surface area contributed by atoms with Crippen LogP contribution in [0.1, 0.15) is 12.6 Å². The number of fused-ring (bicyclic) bond motifs is 1. The van der Waals surface area contributed by atoms with E-state index in [1.807, 2.05) is 13.1 Å². The summed E-state index contributed by atoms with van der Waals surface area (Å²) in [5.41, 5.74) is 0.827. The van der Waals surface area contributed by atoms with Crippen LogP contribution in [0.25, 0.3) is 5.78 Å². The fraction of sp³-hybridized carbons (Fsp3) is 0.222. The molecule has 0 aliphatic rings. The summed E-state index contributed by atoms with van der Waals surface area (Å²) >= 11 is 3.32. The van der Waals surface area contributed by atoms with Gasteiger partial charge in [-0.2, -0.15) is 0 Å². The van der Waals surface area contributed by atoms with Crippen LogP contribution in [0.15, 0.2) is 16.9 Å². The molecular formula is C9H9BrN4O. The number of rotatable bonds is 3. The van der Waals surface area contributed by atoms with E-state index in [1.54, 1.807) is 10.6 Å². The number of carbonyl (C=O) groups excluding carboxylic acids is 1. The molecule has 2 rings (SSSR count). The third kappa shape index (κ3) is 1.72. The fourth-order valence-electron chi connectivity index (χ4n) is 1.41. The highest BCUT2D eigenvalue weighted by atomic mass is 79.9. The van der Waals surface area contributed by atoms with Gasteiger partial charge in [-0.1, -0.05) is 6.92 Å². The second-order valence-electron chi connectivity index (χ2n) is 2.97. The van der Waals surface area contributed by atoms with Crippen molar-refractivity contribution in [3.63, 3.8) is 0 Å². The van der Waals surface area contributed by atoms with Gasteiger partial charge in [-0.05, 0) is 22.4 Å². The summed E-state index contributed by atoms with van der Waals surface area (Å²) in [6.45, 7) is 1.98. The molecule has 0 unspecified atom stereocenters. The van der Waals surface area contributed by atoms with Crippen molar-refractivity contribution in [3.05, 3.63) is 22.6 Å². The quantitative estimate of drug-likeness (QED) is 0.861.